The van der Waals surface area contributed by atoms with Crippen molar-refractivity contribution in [2.45, 2.75) is 32.6 Å². The van der Waals surface area contributed by atoms with Crippen molar-refractivity contribution in [2.24, 2.45) is 11.8 Å². The van der Waals surface area contributed by atoms with E-state index in [1.165, 1.54) is 6.42 Å². The zero-order chi connectivity index (χ0) is 17.8. The summed E-state index contributed by atoms with van der Waals surface area (Å²) in [7, 11) is 1.61. The third kappa shape index (κ3) is 4.14. The van der Waals surface area contributed by atoms with Gasteiger partial charge in [0, 0.05) is 37.7 Å². The lowest BCUT2D eigenvalue weighted by molar-refractivity contribution is -0.138. The number of amides is 2. The molecule has 0 spiro atoms. The average molecular weight is 344 g/mol. The van der Waals surface area contributed by atoms with Gasteiger partial charge in [-0.1, -0.05) is 6.92 Å². The maximum atomic E-state index is 12.7. The monoisotopic (exact) mass is 344 g/mol. The highest BCUT2D eigenvalue weighted by Crippen LogP contribution is 2.24. The summed E-state index contributed by atoms with van der Waals surface area (Å²) in [5.74, 6) is 1.76. The summed E-state index contributed by atoms with van der Waals surface area (Å²) in [4.78, 5) is 29.2. The predicted octanol–water partition coefficient (Wildman–Crippen LogP) is 2.81. The summed E-state index contributed by atoms with van der Waals surface area (Å²) < 4.78 is 5.13. The van der Waals surface area contributed by atoms with E-state index in [1.54, 1.807) is 31.4 Å². The number of benzene rings is 1. The van der Waals surface area contributed by atoms with Crippen molar-refractivity contribution in [3.05, 3.63) is 29.8 Å². The van der Waals surface area contributed by atoms with Gasteiger partial charge in [-0.25, -0.2) is 0 Å². The van der Waals surface area contributed by atoms with Gasteiger partial charge in [0.2, 0.25) is 5.91 Å². The first kappa shape index (κ1) is 17.8. The standard InChI is InChI=1S/C20H28N2O3/c1-15-4-3-11-22(14-15)20(24)17-9-12-21(13-10-17)19(23)16-5-7-18(25-2)8-6-16/h5-8,15,17H,3-4,9-14H2,1-2H3. The van der Waals surface area contributed by atoms with Crippen LogP contribution in [0.3, 0.4) is 0 Å². The molecule has 25 heavy (non-hydrogen) atoms. The van der Waals surface area contributed by atoms with Crippen molar-refractivity contribution in [3.8, 4) is 5.75 Å². The van der Waals surface area contributed by atoms with Gasteiger partial charge in [0.1, 0.15) is 5.75 Å². The minimum atomic E-state index is 0.0418. The second kappa shape index (κ2) is 7.89. The number of carbonyl (C=O) groups excluding carboxylic acids is 2. The van der Waals surface area contributed by atoms with Crippen molar-refractivity contribution in [2.75, 3.05) is 33.3 Å². The predicted molar refractivity (Wildman–Crippen MR) is 96.6 cm³/mol. The van der Waals surface area contributed by atoms with Crippen LogP contribution in [-0.2, 0) is 4.79 Å². The fourth-order valence-corrected chi connectivity index (χ4v) is 3.89. The molecule has 136 valence electrons. The maximum absolute atomic E-state index is 12.7. The molecular formula is C20H28N2O3. The van der Waals surface area contributed by atoms with Crippen molar-refractivity contribution < 1.29 is 14.3 Å². The average Bonchev–Trinajstić information content (AvgIpc) is 2.67. The SMILES string of the molecule is COc1ccc(C(=O)N2CCC(C(=O)N3CCCC(C)C3)CC2)cc1. The van der Waals surface area contributed by atoms with E-state index in [0.29, 0.717) is 30.5 Å². The van der Waals surface area contributed by atoms with Crippen molar-refractivity contribution in [1.29, 1.82) is 0 Å². The van der Waals surface area contributed by atoms with Gasteiger partial charge in [0.05, 0.1) is 7.11 Å². The Morgan fingerprint density at radius 3 is 2.28 bits per heavy atom. The van der Waals surface area contributed by atoms with Gasteiger partial charge in [-0.2, -0.15) is 0 Å². The van der Waals surface area contributed by atoms with Crippen LogP contribution in [0.1, 0.15) is 43.0 Å². The number of ether oxygens (including phenoxy) is 1. The van der Waals surface area contributed by atoms with Gasteiger partial charge >= 0.3 is 0 Å². The molecule has 0 N–H and O–H groups in total. The number of nitrogens with zero attached hydrogens (tertiary/aromatic N) is 2. The van der Waals surface area contributed by atoms with Gasteiger partial charge in [0.15, 0.2) is 0 Å². The molecule has 2 aliphatic rings. The van der Waals surface area contributed by atoms with E-state index in [0.717, 1.165) is 38.1 Å². The zero-order valence-electron chi connectivity index (χ0n) is 15.2. The van der Waals surface area contributed by atoms with Crippen LogP contribution >= 0.6 is 0 Å². The maximum Gasteiger partial charge on any atom is 0.253 e. The van der Waals surface area contributed by atoms with Gasteiger partial charge in [-0.15, -0.1) is 0 Å². The first-order chi connectivity index (χ1) is 12.1. The van der Waals surface area contributed by atoms with Gasteiger partial charge in [-0.3, -0.25) is 9.59 Å². The summed E-state index contributed by atoms with van der Waals surface area (Å²) in [5.41, 5.74) is 0.676. The normalized spacial score (nSPS) is 21.9. The van der Waals surface area contributed by atoms with Gasteiger partial charge < -0.3 is 14.5 Å². The molecule has 0 aromatic heterocycles. The smallest absolute Gasteiger partial charge is 0.253 e. The number of likely N-dealkylation sites (tertiary alicyclic amines) is 2. The van der Waals surface area contributed by atoms with Crippen LogP contribution in [0.25, 0.3) is 0 Å². The molecule has 2 saturated heterocycles. The van der Waals surface area contributed by atoms with E-state index in [4.69, 9.17) is 4.74 Å². The van der Waals surface area contributed by atoms with E-state index in [9.17, 15) is 9.59 Å². The molecule has 0 radical (unpaired) electrons. The van der Waals surface area contributed by atoms with Crippen LogP contribution < -0.4 is 4.74 Å². The molecule has 2 amide bonds. The second-order valence-corrected chi connectivity index (χ2v) is 7.33. The van der Waals surface area contributed by atoms with Crippen molar-refractivity contribution in [1.82, 2.24) is 9.80 Å². The summed E-state index contributed by atoms with van der Waals surface area (Å²) in [5, 5.41) is 0. The largest absolute Gasteiger partial charge is 0.497 e. The molecule has 3 rings (SSSR count). The molecule has 0 bridgehead atoms. The van der Waals surface area contributed by atoms with Crippen LogP contribution in [-0.4, -0.2) is 54.9 Å². The number of hydrogen-bond donors (Lipinski definition) is 0. The lowest BCUT2D eigenvalue weighted by atomic mass is 9.92. The quantitative estimate of drug-likeness (QED) is 0.847. The fraction of sp³-hybridized carbons (Fsp3) is 0.600. The molecular weight excluding hydrogens is 316 g/mol. The summed E-state index contributed by atoms with van der Waals surface area (Å²) in [6.07, 6.45) is 3.87. The van der Waals surface area contributed by atoms with E-state index < -0.39 is 0 Å². The van der Waals surface area contributed by atoms with E-state index in [-0.39, 0.29) is 11.8 Å². The van der Waals surface area contributed by atoms with Crippen LogP contribution in [0.15, 0.2) is 24.3 Å². The van der Waals surface area contributed by atoms with Crippen molar-refractivity contribution >= 4 is 11.8 Å². The second-order valence-electron chi connectivity index (χ2n) is 7.33. The van der Waals surface area contributed by atoms with Crippen LogP contribution in [0.5, 0.6) is 5.75 Å². The Bertz CT molecular complexity index is 606. The van der Waals surface area contributed by atoms with Crippen LogP contribution in [0.4, 0.5) is 0 Å². The molecule has 2 aliphatic heterocycles. The molecule has 5 nitrogen and oxygen atoms in total. The van der Waals surface area contributed by atoms with E-state index in [2.05, 4.69) is 6.92 Å². The minimum absolute atomic E-state index is 0.0418. The third-order valence-electron chi connectivity index (χ3n) is 5.44. The summed E-state index contributed by atoms with van der Waals surface area (Å²) >= 11 is 0. The Hall–Kier alpha value is -2.04. The highest BCUT2D eigenvalue weighted by molar-refractivity contribution is 5.94. The van der Waals surface area contributed by atoms with Crippen molar-refractivity contribution in [3.63, 3.8) is 0 Å². The van der Waals surface area contributed by atoms with Gasteiger partial charge in [-0.05, 0) is 55.9 Å². The minimum Gasteiger partial charge on any atom is -0.497 e. The lowest BCUT2D eigenvalue weighted by Gasteiger charge is -2.37. The number of carbonyl (C=O) groups is 2. The Labute approximate surface area is 149 Å². The third-order valence-corrected chi connectivity index (χ3v) is 5.44. The molecule has 1 atom stereocenters. The highest BCUT2D eigenvalue weighted by atomic mass is 16.5. The molecule has 1 aromatic rings. The molecule has 1 aromatic carbocycles. The molecule has 0 saturated carbocycles. The molecule has 0 aliphatic carbocycles. The Kier molecular flexibility index (Phi) is 5.61. The highest BCUT2D eigenvalue weighted by Gasteiger charge is 2.31. The number of rotatable bonds is 3. The van der Waals surface area contributed by atoms with E-state index in [1.807, 2.05) is 9.80 Å². The first-order valence-corrected chi connectivity index (χ1v) is 9.30. The van der Waals surface area contributed by atoms with Crippen LogP contribution in [0.2, 0.25) is 0 Å². The Balaban J connectivity index is 1.54. The first-order valence-electron chi connectivity index (χ1n) is 9.30. The number of methoxy groups -OCH3 is 1. The molecule has 2 fully saturated rings. The van der Waals surface area contributed by atoms with Gasteiger partial charge in [0.25, 0.3) is 5.91 Å². The molecule has 1 unspecified atom stereocenters. The Morgan fingerprint density at radius 2 is 1.68 bits per heavy atom. The molecule has 5 heteroatoms. The number of piperidine rings is 2. The van der Waals surface area contributed by atoms with Crippen LogP contribution in [0, 0.1) is 11.8 Å². The van der Waals surface area contributed by atoms with E-state index >= 15 is 0 Å². The number of hydrogen-bond acceptors (Lipinski definition) is 3. The fourth-order valence-electron chi connectivity index (χ4n) is 3.89. The lowest BCUT2D eigenvalue weighted by Crippen LogP contribution is -2.47. The Morgan fingerprint density at radius 1 is 1.00 bits per heavy atom. The molecule has 2 heterocycles. The summed E-state index contributed by atoms with van der Waals surface area (Å²) in [6.45, 7) is 5.32. The topological polar surface area (TPSA) is 49.9 Å². The zero-order valence-corrected chi connectivity index (χ0v) is 15.2. The summed E-state index contributed by atoms with van der Waals surface area (Å²) in [6, 6.07) is 7.21.